The second-order valence-electron chi connectivity index (χ2n) is 15.7. The Morgan fingerprint density at radius 1 is 0.259 bits per heavy atom. The van der Waals surface area contributed by atoms with Crippen LogP contribution in [0.1, 0.15) is 0 Å². The van der Waals surface area contributed by atoms with Crippen molar-refractivity contribution in [2.45, 2.75) is 0 Å². The molecule has 0 atom stereocenters. The summed E-state index contributed by atoms with van der Waals surface area (Å²) in [7, 11) is 0. The van der Waals surface area contributed by atoms with Gasteiger partial charge in [0.05, 0.1) is 22.1 Å². The highest BCUT2D eigenvalue weighted by atomic mass is 15.0. The van der Waals surface area contributed by atoms with Crippen LogP contribution in [-0.2, 0) is 0 Å². The van der Waals surface area contributed by atoms with Gasteiger partial charge in [-0.1, -0.05) is 158 Å². The molecule has 0 radical (unpaired) electrons. The van der Waals surface area contributed by atoms with Crippen LogP contribution in [0.25, 0.3) is 121 Å². The third-order valence-corrected chi connectivity index (χ3v) is 12.6. The molecule has 0 bridgehead atoms. The lowest BCUT2D eigenvalue weighted by Crippen LogP contribution is -1.96. The summed E-state index contributed by atoms with van der Waals surface area (Å²) < 4.78 is 4.91. The van der Waals surface area contributed by atoms with Crippen molar-refractivity contribution in [1.82, 2.24) is 9.13 Å². The van der Waals surface area contributed by atoms with Crippen LogP contribution in [0.4, 0.5) is 0 Å². The zero-order chi connectivity index (χ0) is 37.9. The quantitative estimate of drug-likeness (QED) is 0.170. The maximum absolute atomic E-state index is 2.50. The molecule has 0 N–H and O–H groups in total. The first-order valence-corrected chi connectivity index (χ1v) is 20.1. The minimum Gasteiger partial charge on any atom is -0.309 e. The number of benzene rings is 10. The molecule has 2 nitrogen and oxygen atoms in total. The zero-order valence-corrected chi connectivity index (χ0v) is 31.5. The number of aromatic nitrogens is 2. The van der Waals surface area contributed by atoms with Crippen LogP contribution < -0.4 is 0 Å². The molecule has 2 heteroatoms. The molecule has 0 saturated carbocycles. The van der Waals surface area contributed by atoms with Crippen LogP contribution in [0, 0.1) is 0 Å². The highest BCUT2D eigenvalue weighted by molar-refractivity contribution is 6.20. The van der Waals surface area contributed by atoms with E-state index >= 15 is 0 Å². The summed E-state index contributed by atoms with van der Waals surface area (Å²) >= 11 is 0. The highest BCUT2D eigenvalue weighted by Crippen LogP contribution is 2.48. The van der Waals surface area contributed by atoms with Gasteiger partial charge in [-0.3, -0.25) is 0 Å². The summed E-state index contributed by atoms with van der Waals surface area (Å²) in [6.07, 6.45) is 0. The SMILES string of the molecule is c1ccc(-n2c3ccccc3c3ccc(-c4ccc5c6ccc7ccccc7c6n(-c6cccc(-c7ccc8c(c7)-c7cccc9cccc-8c79)c6)c5c4)cc32)cc1. The van der Waals surface area contributed by atoms with Crippen molar-refractivity contribution < 1.29 is 0 Å². The van der Waals surface area contributed by atoms with Crippen LogP contribution in [-0.4, -0.2) is 9.13 Å². The van der Waals surface area contributed by atoms with Gasteiger partial charge in [0, 0.05) is 38.3 Å². The van der Waals surface area contributed by atoms with Crippen molar-refractivity contribution >= 4 is 65.2 Å². The van der Waals surface area contributed by atoms with Crippen molar-refractivity contribution in [2.75, 3.05) is 0 Å². The molecular formula is C56H34N2. The van der Waals surface area contributed by atoms with Gasteiger partial charge in [0.25, 0.3) is 0 Å². The lowest BCUT2D eigenvalue weighted by atomic mass is 9.97. The van der Waals surface area contributed by atoms with Gasteiger partial charge < -0.3 is 9.13 Å². The summed E-state index contributed by atoms with van der Waals surface area (Å²) in [4.78, 5) is 0. The second-order valence-corrected chi connectivity index (χ2v) is 15.7. The van der Waals surface area contributed by atoms with E-state index in [0.29, 0.717) is 0 Å². The number of para-hydroxylation sites is 2. The number of hydrogen-bond acceptors (Lipinski definition) is 0. The fraction of sp³-hybridized carbons (Fsp3) is 0. The van der Waals surface area contributed by atoms with Crippen molar-refractivity contribution in [3.63, 3.8) is 0 Å². The van der Waals surface area contributed by atoms with E-state index in [4.69, 9.17) is 0 Å². The van der Waals surface area contributed by atoms with Crippen molar-refractivity contribution in [1.29, 1.82) is 0 Å². The van der Waals surface area contributed by atoms with E-state index in [1.807, 2.05) is 0 Å². The Balaban J connectivity index is 1.02. The van der Waals surface area contributed by atoms with E-state index in [1.54, 1.807) is 0 Å². The monoisotopic (exact) mass is 734 g/mol. The van der Waals surface area contributed by atoms with Crippen LogP contribution in [0.3, 0.4) is 0 Å². The van der Waals surface area contributed by atoms with Crippen LogP contribution in [0.5, 0.6) is 0 Å². The Morgan fingerprint density at radius 2 is 0.828 bits per heavy atom. The first-order chi connectivity index (χ1) is 28.8. The van der Waals surface area contributed by atoms with Gasteiger partial charge in [0.15, 0.2) is 0 Å². The normalized spacial score (nSPS) is 12.1. The Hall–Kier alpha value is -7.68. The molecule has 0 aliphatic heterocycles. The topological polar surface area (TPSA) is 9.86 Å². The largest absolute Gasteiger partial charge is 0.309 e. The molecule has 0 saturated heterocycles. The molecule has 58 heavy (non-hydrogen) atoms. The first kappa shape index (κ1) is 31.5. The summed E-state index contributed by atoms with van der Waals surface area (Å²) in [6.45, 7) is 0. The van der Waals surface area contributed by atoms with Gasteiger partial charge in [0.2, 0.25) is 0 Å². The van der Waals surface area contributed by atoms with E-state index in [2.05, 4.69) is 215 Å². The fourth-order valence-corrected chi connectivity index (χ4v) is 10.0. The summed E-state index contributed by atoms with van der Waals surface area (Å²) in [5.74, 6) is 0. The molecule has 1 aliphatic rings. The molecule has 10 aromatic carbocycles. The summed E-state index contributed by atoms with van der Waals surface area (Å²) in [5.41, 5.74) is 17.3. The maximum atomic E-state index is 2.50. The minimum absolute atomic E-state index is 1.15. The maximum Gasteiger partial charge on any atom is 0.0619 e. The predicted molar refractivity (Wildman–Crippen MR) is 245 cm³/mol. The summed E-state index contributed by atoms with van der Waals surface area (Å²) in [6, 6.07) is 76.3. The molecule has 0 spiro atoms. The molecular weight excluding hydrogens is 701 g/mol. The predicted octanol–water partition coefficient (Wildman–Crippen LogP) is 15.2. The Morgan fingerprint density at radius 3 is 1.66 bits per heavy atom. The third kappa shape index (κ3) is 4.43. The minimum atomic E-state index is 1.15. The fourth-order valence-electron chi connectivity index (χ4n) is 10.0. The molecule has 0 unspecified atom stereocenters. The smallest absolute Gasteiger partial charge is 0.0619 e. The third-order valence-electron chi connectivity index (χ3n) is 12.6. The average Bonchev–Trinajstić information content (AvgIpc) is 3.93. The zero-order valence-electron chi connectivity index (χ0n) is 31.5. The van der Waals surface area contributed by atoms with Crippen LogP contribution in [0.2, 0.25) is 0 Å². The molecule has 0 fully saturated rings. The molecule has 12 aromatic rings. The van der Waals surface area contributed by atoms with Gasteiger partial charge in [-0.05, 0) is 109 Å². The van der Waals surface area contributed by atoms with Crippen LogP contribution >= 0.6 is 0 Å². The highest BCUT2D eigenvalue weighted by Gasteiger charge is 2.22. The van der Waals surface area contributed by atoms with Gasteiger partial charge in [-0.2, -0.15) is 0 Å². The molecule has 1 aliphatic carbocycles. The second kappa shape index (κ2) is 11.9. The van der Waals surface area contributed by atoms with Crippen molar-refractivity contribution in [2.24, 2.45) is 0 Å². The molecule has 2 aromatic heterocycles. The number of fused-ring (bicyclic) bond motifs is 11. The van der Waals surface area contributed by atoms with Crippen molar-refractivity contribution in [3.8, 4) is 55.9 Å². The molecule has 13 rings (SSSR count). The Kier molecular flexibility index (Phi) is 6.47. The van der Waals surface area contributed by atoms with E-state index in [1.165, 1.54) is 110 Å². The summed E-state index contributed by atoms with van der Waals surface area (Å²) in [5, 5.41) is 10.2. The van der Waals surface area contributed by atoms with E-state index in [0.717, 1.165) is 11.4 Å². The Labute approximate surface area is 335 Å². The molecule has 268 valence electrons. The van der Waals surface area contributed by atoms with E-state index < -0.39 is 0 Å². The van der Waals surface area contributed by atoms with Gasteiger partial charge >= 0.3 is 0 Å². The lowest BCUT2D eigenvalue weighted by Gasteiger charge is -2.13. The Bertz CT molecular complexity index is 3670. The number of rotatable bonds is 4. The standard InChI is InChI=1S/C56H34N2/c1-2-15-41(16-3-1)57-52-22-7-6-19-45(52)46-28-25-39(33-53(46)57)40-26-29-47-50-30-23-35-11-4-5-18-43(35)56(50)58(54(47)34-40)42-17-8-14-37(31-42)38-24-27-44-48-20-9-12-36-13-10-21-49(55(36)48)51(44)32-38/h1-34H. The first-order valence-electron chi connectivity index (χ1n) is 20.1. The molecule has 0 amide bonds. The number of nitrogens with zero attached hydrogens (tertiary/aromatic N) is 2. The number of hydrogen-bond donors (Lipinski definition) is 0. The van der Waals surface area contributed by atoms with Crippen LogP contribution in [0.15, 0.2) is 206 Å². The van der Waals surface area contributed by atoms with Gasteiger partial charge in [0.1, 0.15) is 0 Å². The van der Waals surface area contributed by atoms with E-state index in [-0.39, 0.29) is 0 Å². The van der Waals surface area contributed by atoms with Gasteiger partial charge in [-0.15, -0.1) is 0 Å². The van der Waals surface area contributed by atoms with E-state index in [9.17, 15) is 0 Å². The average molecular weight is 735 g/mol. The lowest BCUT2D eigenvalue weighted by molar-refractivity contribution is 1.18. The van der Waals surface area contributed by atoms with Gasteiger partial charge in [-0.25, -0.2) is 0 Å². The molecule has 2 heterocycles. The van der Waals surface area contributed by atoms with Crippen molar-refractivity contribution in [3.05, 3.63) is 206 Å².